The van der Waals surface area contributed by atoms with E-state index in [1.807, 2.05) is 30.3 Å². The number of urea groups is 1. The lowest BCUT2D eigenvalue weighted by Crippen LogP contribution is -2.52. The molecule has 0 saturated carbocycles. The van der Waals surface area contributed by atoms with Crippen LogP contribution in [0, 0.1) is 6.92 Å². The summed E-state index contributed by atoms with van der Waals surface area (Å²) in [5, 5.41) is 4.50. The van der Waals surface area contributed by atoms with Crippen LogP contribution < -0.4 is 4.74 Å². The molecule has 0 N–H and O–H groups in total. The average molecular weight is 380 g/mol. The van der Waals surface area contributed by atoms with Gasteiger partial charge in [0.05, 0.1) is 16.9 Å². The third kappa shape index (κ3) is 3.20. The normalized spacial score (nSPS) is 14.5. The molecule has 0 spiro atoms. The molecule has 2 aromatic rings. The molecule has 0 atom stereocenters. The molecule has 1 aliphatic heterocycles. The first kappa shape index (κ1) is 19.1. The van der Waals surface area contributed by atoms with E-state index in [0.29, 0.717) is 17.1 Å². The van der Waals surface area contributed by atoms with Crippen LogP contribution in [0.2, 0.25) is 0 Å². The van der Waals surface area contributed by atoms with Gasteiger partial charge in [-0.25, -0.2) is 9.48 Å². The highest BCUT2D eigenvalue weighted by molar-refractivity contribution is 6.30. The fraction of sp³-hybridized carbons (Fsp3) is 0.200. The lowest BCUT2D eigenvalue weighted by molar-refractivity contribution is -0.134. The smallest absolute Gasteiger partial charge is 0.333 e. The zero-order valence-electron chi connectivity index (χ0n) is 15.9. The Morgan fingerprint density at radius 2 is 1.68 bits per heavy atom. The van der Waals surface area contributed by atoms with Crippen LogP contribution in [0.3, 0.4) is 0 Å². The Morgan fingerprint density at radius 3 is 2.25 bits per heavy atom. The SMILES string of the molecule is C=CCOc1c(C=C2C(=O)N(C)C(=O)N(C)C2=O)c(C)nn1-c1ccccc1. The van der Waals surface area contributed by atoms with E-state index in [4.69, 9.17) is 4.74 Å². The molecule has 2 heterocycles. The number of likely N-dealkylation sites (N-methyl/N-ethyl adjacent to an activating group) is 2. The number of nitrogens with zero attached hydrogens (tertiary/aromatic N) is 4. The van der Waals surface area contributed by atoms with Crippen LogP contribution in [-0.2, 0) is 9.59 Å². The summed E-state index contributed by atoms with van der Waals surface area (Å²) in [6, 6.07) is 8.67. The van der Waals surface area contributed by atoms with Gasteiger partial charge in [0.25, 0.3) is 11.8 Å². The molecule has 144 valence electrons. The number of imide groups is 2. The van der Waals surface area contributed by atoms with E-state index in [1.165, 1.54) is 20.2 Å². The van der Waals surface area contributed by atoms with Crippen molar-refractivity contribution in [2.45, 2.75) is 6.92 Å². The second kappa shape index (κ2) is 7.51. The van der Waals surface area contributed by atoms with E-state index >= 15 is 0 Å². The number of carbonyl (C=O) groups is 3. The summed E-state index contributed by atoms with van der Waals surface area (Å²) in [5.74, 6) is -0.969. The van der Waals surface area contributed by atoms with E-state index in [9.17, 15) is 14.4 Å². The minimum absolute atomic E-state index is 0.135. The van der Waals surface area contributed by atoms with Crippen molar-refractivity contribution in [3.63, 3.8) is 0 Å². The van der Waals surface area contributed by atoms with Gasteiger partial charge in [-0.2, -0.15) is 5.10 Å². The summed E-state index contributed by atoms with van der Waals surface area (Å²) >= 11 is 0. The molecule has 1 aliphatic rings. The second-order valence-corrected chi connectivity index (χ2v) is 6.22. The van der Waals surface area contributed by atoms with Crippen LogP contribution in [0.25, 0.3) is 11.8 Å². The van der Waals surface area contributed by atoms with E-state index in [2.05, 4.69) is 11.7 Å². The van der Waals surface area contributed by atoms with Crippen molar-refractivity contribution in [2.75, 3.05) is 20.7 Å². The lowest BCUT2D eigenvalue weighted by atomic mass is 10.1. The number of aryl methyl sites for hydroxylation is 1. The Morgan fingerprint density at radius 1 is 1.07 bits per heavy atom. The molecular weight excluding hydrogens is 360 g/mol. The Bertz CT molecular complexity index is 965. The van der Waals surface area contributed by atoms with E-state index in [0.717, 1.165) is 15.5 Å². The number of carbonyl (C=O) groups excluding carboxylic acids is 3. The van der Waals surface area contributed by atoms with E-state index in [1.54, 1.807) is 17.7 Å². The third-order valence-electron chi connectivity index (χ3n) is 4.33. The number of hydrogen-bond acceptors (Lipinski definition) is 5. The van der Waals surface area contributed by atoms with Gasteiger partial charge in [-0.1, -0.05) is 30.9 Å². The van der Waals surface area contributed by atoms with Crippen molar-refractivity contribution in [1.29, 1.82) is 0 Å². The average Bonchev–Trinajstić information content (AvgIpc) is 3.02. The molecule has 0 unspecified atom stereocenters. The maximum absolute atomic E-state index is 12.5. The fourth-order valence-corrected chi connectivity index (χ4v) is 2.82. The highest BCUT2D eigenvalue weighted by atomic mass is 16.5. The fourth-order valence-electron chi connectivity index (χ4n) is 2.82. The van der Waals surface area contributed by atoms with Crippen molar-refractivity contribution in [3.8, 4) is 11.6 Å². The van der Waals surface area contributed by atoms with Crippen molar-refractivity contribution >= 4 is 23.9 Å². The highest BCUT2D eigenvalue weighted by Gasteiger charge is 2.38. The molecule has 28 heavy (non-hydrogen) atoms. The molecule has 8 nitrogen and oxygen atoms in total. The van der Waals surface area contributed by atoms with Gasteiger partial charge in [-0.15, -0.1) is 0 Å². The van der Waals surface area contributed by atoms with Crippen LogP contribution in [0.1, 0.15) is 11.3 Å². The summed E-state index contributed by atoms with van der Waals surface area (Å²) in [7, 11) is 2.66. The molecular formula is C20H20N4O4. The van der Waals surface area contributed by atoms with Crippen molar-refractivity contribution < 1.29 is 19.1 Å². The molecule has 4 amide bonds. The number of barbiturate groups is 1. The maximum atomic E-state index is 12.5. The Labute approximate surface area is 162 Å². The van der Waals surface area contributed by atoms with Crippen LogP contribution in [0.15, 0.2) is 48.6 Å². The first-order chi connectivity index (χ1) is 13.4. The topological polar surface area (TPSA) is 84.7 Å². The van der Waals surface area contributed by atoms with Gasteiger partial charge in [-0.3, -0.25) is 19.4 Å². The van der Waals surface area contributed by atoms with Gasteiger partial charge in [0.2, 0.25) is 5.88 Å². The molecule has 1 saturated heterocycles. The standard InChI is InChI=1S/C20H20N4O4/c1-5-11-28-19-15(13(2)21-24(19)14-9-7-6-8-10-14)12-16-17(25)22(3)20(27)23(4)18(16)26/h5-10,12H,1,11H2,2-4H3. The number of rotatable bonds is 5. The maximum Gasteiger partial charge on any atom is 0.333 e. The van der Waals surface area contributed by atoms with Gasteiger partial charge in [-0.05, 0) is 25.1 Å². The molecule has 0 aliphatic carbocycles. The van der Waals surface area contributed by atoms with Gasteiger partial charge < -0.3 is 4.74 Å². The minimum Gasteiger partial charge on any atom is -0.473 e. The van der Waals surface area contributed by atoms with Crippen LogP contribution in [0.4, 0.5) is 4.79 Å². The zero-order chi connectivity index (χ0) is 20.4. The Balaban J connectivity index is 2.16. The Kier molecular flexibility index (Phi) is 5.12. The largest absolute Gasteiger partial charge is 0.473 e. The van der Waals surface area contributed by atoms with Gasteiger partial charge >= 0.3 is 6.03 Å². The number of benzene rings is 1. The van der Waals surface area contributed by atoms with Gasteiger partial charge in [0.15, 0.2) is 0 Å². The molecule has 3 rings (SSSR count). The lowest BCUT2D eigenvalue weighted by Gasteiger charge is -2.28. The molecule has 8 heteroatoms. The van der Waals surface area contributed by atoms with Gasteiger partial charge in [0, 0.05) is 14.1 Å². The Hall–Kier alpha value is -3.68. The van der Waals surface area contributed by atoms with Crippen LogP contribution in [-0.4, -0.2) is 58.1 Å². The predicted molar refractivity (Wildman–Crippen MR) is 103 cm³/mol. The zero-order valence-corrected chi connectivity index (χ0v) is 15.9. The monoisotopic (exact) mass is 380 g/mol. The number of ether oxygens (including phenoxy) is 1. The van der Waals surface area contributed by atoms with E-state index < -0.39 is 17.8 Å². The second-order valence-electron chi connectivity index (χ2n) is 6.22. The van der Waals surface area contributed by atoms with Crippen LogP contribution >= 0.6 is 0 Å². The molecule has 1 aromatic heterocycles. The predicted octanol–water partition coefficient (Wildman–Crippen LogP) is 2.18. The first-order valence-electron chi connectivity index (χ1n) is 8.57. The van der Waals surface area contributed by atoms with E-state index in [-0.39, 0.29) is 12.2 Å². The van der Waals surface area contributed by atoms with Crippen molar-refractivity contribution in [2.24, 2.45) is 0 Å². The summed E-state index contributed by atoms with van der Waals surface area (Å²) in [6.45, 7) is 5.62. The number of para-hydroxylation sites is 1. The van der Waals surface area contributed by atoms with Gasteiger partial charge in [0.1, 0.15) is 12.2 Å². The van der Waals surface area contributed by atoms with Crippen LogP contribution in [0.5, 0.6) is 5.88 Å². The minimum atomic E-state index is -0.674. The summed E-state index contributed by atoms with van der Waals surface area (Å²) in [4.78, 5) is 38.8. The number of amides is 4. The first-order valence-corrected chi connectivity index (χ1v) is 8.57. The summed E-state index contributed by atoms with van der Waals surface area (Å²) in [5.41, 5.74) is 1.68. The summed E-state index contributed by atoms with van der Waals surface area (Å²) in [6.07, 6.45) is 3.01. The number of aromatic nitrogens is 2. The highest BCUT2D eigenvalue weighted by Crippen LogP contribution is 2.29. The molecule has 0 bridgehead atoms. The molecule has 0 radical (unpaired) electrons. The third-order valence-corrected chi connectivity index (χ3v) is 4.33. The van der Waals surface area contributed by atoms with Crippen molar-refractivity contribution in [3.05, 3.63) is 59.8 Å². The quantitative estimate of drug-likeness (QED) is 0.451. The summed E-state index contributed by atoms with van der Waals surface area (Å²) < 4.78 is 7.40. The molecule has 1 fully saturated rings. The number of hydrogen-bond donors (Lipinski definition) is 0. The van der Waals surface area contributed by atoms with Crippen molar-refractivity contribution in [1.82, 2.24) is 19.6 Å². The molecule has 1 aromatic carbocycles.